The van der Waals surface area contributed by atoms with Crippen molar-refractivity contribution in [3.05, 3.63) is 71.8 Å². The van der Waals surface area contributed by atoms with E-state index < -0.39 is 0 Å². The summed E-state index contributed by atoms with van der Waals surface area (Å²) in [6, 6.07) is 17.6. The molecule has 0 saturated carbocycles. The lowest BCUT2D eigenvalue weighted by atomic mass is 10.2. The zero-order valence-electron chi connectivity index (χ0n) is 13.5. The van der Waals surface area contributed by atoms with E-state index in [0.29, 0.717) is 6.54 Å². The van der Waals surface area contributed by atoms with Crippen LogP contribution in [0, 0.1) is 0 Å². The molecule has 0 aromatic heterocycles. The lowest BCUT2D eigenvalue weighted by Crippen LogP contribution is -2.20. The molecule has 0 radical (unpaired) electrons. The van der Waals surface area contributed by atoms with Gasteiger partial charge in [-0.05, 0) is 35.8 Å². The highest BCUT2D eigenvalue weighted by Crippen LogP contribution is 2.13. The third kappa shape index (κ3) is 6.39. The SMILES string of the molecule is CCCCOc1ccc(C=CC(=O)NCc2ccccc2)cc1. The van der Waals surface area contributed by atoms with Crippen molar-refractivity contribution in [3.8, 4) is 5.75 Å². The van der Waals surface area contributed by atoms with Gasteiger partial charge in [0.2, 0.25) is 5.91 Å². The first kappa shape index (κ1) is 16.8. The Morgan fingerprint density at radius 2 is 1.83 bits per heavy atom. The minimum atomic E-state index is -0.0999. The van der Waals surface area contributed by atoms with Crippen LogP contribution >= 0.6 is 0 Å². The van der Waals surface area contributed by atoms with Crippen molar-refractivity contribution in [1.29, 1.82) is 0 Å². The van der Waals surface area contributed by atoms with Crippen LogP contribution in [0.1, 0.15) is 30.9 Å². The van der Waals surface area contributed by atoms with Gasteiger partial charge in [0, 0.05) is 12.6 Å². The second-order valence-corrected chi connectivity index (χ2v) is 5.31. The predicted octanol–water partition coefficient (Wildman–Crippen LogP) is 4.20. The lowest BCUT2D eigenvalue weighted by Gasteiger charge is -2.05. The Labute approximate surface area is 138 Å². The maximum Gasteiger partial charge on any atom is 0.244 e. The highest BCUT2D eigenvalue weighted by atomic mass is 16.5. The molecular weight excluding hydrogens is 286 g/mol. The smallest absolute Gasteiger partial charge is 0.244 e. The van der Waals surface area contributed by atoms with Gasteiger partial charge in [0.25, 0.3) is 0 Å². The van der Waals surface area contributed by atoms with Crippen molar-refractivity contribution in [2.24, 2.45) is 0 Å². The topological polar surface area (TPSA) is 38.3 Å². The van der Waals surface area contributed by atoms with Crippen LogP contribution in [0.2, 0.25) is 0 Å². The molecule has 2 aromatic rings. The maximum atomic E-state index is 11.8. The standard InChI is InChI=1S/C20H23NO2/c1-2-3-15-23-19-12-9-17(10-13-19)11-14-20(22)21-16-18-7-5-4-6-8-18/h4-14H,2-3,15-16H2,1H3,(H,21,22). The number of nitrogens with one attached hydrogen (secondary N) is 1. The Morgan fingerprint density at radius 1 is 1.09 bits per heavy atom. The van der Waals surface area contributed by atoms with E-state index in [0.717, 1.165) is 36.3 Å². The van der Waals surface area contributed by atoms with Crippen molar-refractivity contribution < 1.29 is 9.53 Å². The van der Waals surface area contributed by atoms with Gasteiger partial charge in [-0.1, -0.05) is 55.8 Å². The summed E-state index contributed by atoms with van der Waals surface area (Å²) in [7, 11) is 0. The third-order valence-electron chi connectivity index (χ3n) is 3.38. The largest absolute Gasteiger partial charge is 0.494 e. The fraction of sp³-hybridized carbons (Fsp3) is 0.250. The minimum Gasteiger partial charge on any atom is -0.494 e. The molecule has 0 atom stereocenters. The van der Waals surface area contributed by atoms with Gasteiger partial charge in [0.05, 0.1) is 6.61 Å². The molecule has 0 aliphatic heterocycles. The van der Waals surface area contributed by atoms with Crippen LogP contribution < -0.4 is 10.1 Å². The van der Waals surface area contributed by atoms with Crippen LogP contribution in [-0.2, 0) is 11.3 Å². The van der Waals surface area contributed by atoms with Gasteiger partial charge in [0.15, 0.2) is 0 Å². The second kappa shape index (κ2) is 9.46. The predicted molar refractivity (Wildman–Crippen MR) is 94.2 cm³/mol. The summed E-state index contributed by atoms with van der Waals surface area (Å²) in [5, 5.41) is 2.86. The van der Waals surface area contributed by atoms with Gasteiger partial charge in [0.1, 0.15) is 5.75 Å². The first-order chi connectivity index (χ1) is 11.3. The number of unbranched alkanes of at least 4 members (excludes halogenated alkanes) is 1. The first-order valence-corrected chi connectivity index (χ1v) is 8.00. The average molecular weight is 309 g/mol. The van der Waals surface area contributed by atoms with Crippen LogP contribution in [0.3, 0.4) is 0 Å². The Morgan fingerprint density at radius 3 is 2.52 bits per heavy atom. The van der Waals surface area contributed by atoms with E-state index in [2.05, 4.69) is 12.2 Å². The Bertz CT molecular complexity index is 618. The molecule has 120 valence electrons. The number of carbonyl (C=O) groups excluding carboxylic acids is 1. The van der Waals surface area contributed by atoms with Crippen molar-refractivity contribution >= 4 is 12.0 Å². The van der Waals surface area contributed by atoms with Crippen molar-refractivity contribution in [2.45, 2.75) is 26.3 Å². The molecule has 0 aliphatic carbocycles. The molecule has 2 rings (SSSR count). The number of hydrogen-bond acceptors (Lipinski definition) is 2. The number of carbonyl (C=O) groups is 1. The number of rotatable bonds is 8. The van der Waals surface area contributed by atoms with Gasteiger partial charge in [-0.3, -0.25) is 4.79 Å². The fourth-order valence-electron chi connectivity index (χ4n) is 2.03. The van der Waals surface area contributed by atoms with Crippen molar-refractivity contribution in [3.63, 3.8) is 0 Å². The molecule has 0 spiro atoms. The van der Waals surface area contributed by atoms with E-state index in [1.54, 1.807) is 12.2 Å². The first-order valence-electron chi connectivity index (χ1n) is 8.00. The Kier molecular flexibility index (Phi) is 6.92. The van der Waals surface area contributed by atoms with E-state index in [1.807, 2.05) is 54.6 Å². The number of ether oxygens (including phenoxy) is 1. The van der Waals surface area contributed by atoms with Crippen molar-refractivity contribution in [1.82, 2.24) is 5.32 Å². The molecule has 2 aromatic carbocycles. The van der Waals surface area contributed by atoms with Gasteiger partial charge in [-0.25, -0.2) is 0 Å². The second-order valence-electron chi connectivity index (χ2n) is 5.31. The van der Waals surface area contributed by atoms with E-state index >= 15 is 0 Å². The zero-order chi connectivity index (χ0) is 16.3. The van der Waals surface area contributed by atoms with Gasteiger partial charge >= 0.3 is 0 Å². The number of hydrogen-bond donors (Lipinski definition) is 1. The van der Waals surface area contributed by atoms with Crippen LogP contribution in [0.5, 0.6) is 5.75 Å². The molecule has 0 saturated heterocycles. The molecule has 0 bridgehead atoms. The molecule has 0 unspecified atom stereocenters. The summed E-state index contributed by atoms with van der Waals surface area (Å²) >= 11 is 0. The van der Waals surface area contributed by atoms with Crippen LogP contribution in [0.25, 0.3) is 6.08 Å². The summed E-state index contributed by atoms with van der Waals surface area (Å²) in [6.07, 6.45) is 5.54. The molecule has 23 heavy (non-hydrogen) atoms. The summed E-state index contributed by atoms with van der Waals surface area (Å²) < 4.78 is 5.61. The van der Waals surface area contributed by atoms with Crippen molar-refractivity contribution in [2.75, 3.05) is 6.61 Å². The summed E-state index contributed by atoms with van der Waals surface area (Å²) in [5.41, 5.74) is 2.06. The van der Waals surface area contributed by atoms with Gasteiger partial charge in [-0.15, -0.1) is 0 Å². The molecular formula is C20H23NO2. The van der Waals surface area contributed by atoms with E-state index in [9.17, 15) is 4.79 Å². The molecule has 0 heterocycles. The average Bonchev–Trinajstić information content (AvgIpc) is 2.60. The Hall–Kier alpha value is -2.55. The van der Waals surface area contributed by atoms with Crippen LogP contribution in [-0.4, -0.2) is 12.5 Å². The highest BCUT2D eigenvalue weighted by molar-refractivity contribution is 5.91. The summed E-state index contributed by atoms with van der Waals surface area (Å²) in [6.45, 7) is 3.42. The summed E-state index contributed by atoms with van der Waals surface area (Å²) in [5.74, 6) is 0.765. The molecule has 3 heteroatoms. The summed E-state index contributed by atoms with van der Waals surface area (Å²) in [4.78, 5) is 11.8. The number of benzene rings is 2. The molecule has 1 amide bonds. The van der Waals surface area contributed by atoms with E-state index in [1.165, 1.54) is 0 Å². The van der Waals surface area contributed by atoms with E-state index in [4.69, 9.17) is 4.74 Å². The van der Waals surface area contributed by atoms with Crippen LogP contribution in [0.15, 0.2) is 60.7 Å². The lowest BCUT2D eigenvalue weighted by molar-refractivity contribution is -0.116. The normalized spacial score (nSPS) is 10.7. The maximum absolute atomic E-state index is 11.8. The monoisotopic (exact) mass is 309 g/mol. The molecule has 0 aliphatic rings. The zero-order valence-corrected chi connectivity index (χ0v) is 13.5. The quantitative estimate of drug-likeness (QED) is 0.586. The van der Waals surface area contributed by atoms with Gasteiger partial charge < -0.3 is 10.1 Å². The third-order valence-corrected chi connectivity index (χ3v) is 3.38. The molecule has 0 fully saturated rings. The molecule has 3 nitrogen and oxygen atoms in total. The van der Waals surface area contributed by atoms with Crippen LogP contribution in [0.4, 0.5) is 0 Å². The fourth-order valence-corrected chi connectivity index (χ4v) is 2.03. The molecule has 1 N–H and O–H groups in total. The number of amides is 1. The van der Waals surface area contributed by atoms with Gasteiger partial charge in [-0.2, -0.15) is 0 Å². The van der Waals surface area contributed by atoms with E-state index in [-0.39, 0.29) is 5.91 Å². The Balaban J connectivity index is 1.78. The highest BCUT2D eigenvalue weighted by Gasteiger charge is 1.97. The minimum absolute atomic E-state index is 0.0999.